The van der Waals surface area contributed by atoms with Gasteiger partial charge < -0.3 is 20.5 Å². The first-order valence-electron chi connectivity index (χ1n) is 6.38. The molecule has 1 aromatic rings. The van der Waals surface area contributed by atoms with Crippen molar-refractivity contribution in [3.05, 3.63) is 23.2 Å². The van der Waals surface area contributed by atoms with Crippen molar-refractivity contribution >= 4 is 33.0 Å². The van der Waals surface area contributed by atoms with E-state index in [9.17, 15) is 13.2 Å². The summed E-state index contributed by atoms with van der Waals surface area (Å²) in [5.74, 6) is -0.283. The maximum atomic E-state index is 11.9. The standard InChI is InChI=1S/C13H19ClN2O5S/c1-20-8-10(15)13(17)16-11-7-9(14)3-4-12(11)21-5-6-22(2,18)19/h3-4,7,10H,5-6,8,15H2,1-2H3,(H,16,17). The summed E-state index contributed by atoms with van der Waals surface area (Å²) in [4.78, 5) is 11.9. The lowest BCUT2D eigenvalue weighted by atomic mass is 10.2. The number of carbonyl (C=O) groups is 1. The molecule has 1 rings (SSSR count). The molecule has 9 heteroatoms. The van der Waals surface area contributed by atoms with Crippen molar-refractivity contribution in [1.82, 2.24) is 0 Å². The fourth-order valence-corrected chi connectivity index (χ4v) is 2.07. The van der Waals surface area contributed by atoms with Gasteiger partial charge in [0.05, 0.1) is 18.0 Å². The average Bonchev–Trinajstić information content (AvgIpc) is 2.40. The van der Waals surface area contributed by atoms with Crippen molar-refractivity contribution in [3.8, 4) is 5.75 Å². The van der Waals surface area contributed by atoms with Gasteiger partial charge in [0.25, 0.3) is 0 Å². The zero-order chi connectivity index (χ0) is 16.8. The van der Waals surface area contributed by atoms with Crippen LogP contribution in [-0.2, 0) is 19.4 Å². The van der Waals surface area contributed by atoms with Crippen molar-refractivity contribution in [3.63, 3.8) is 0 Å². The normalized spacial score (nSPS) is 12.7. The van der Waals surface area contributed by atoms with Crippen molar-refractivity contribution < 1.29 is 22.7 Å². The van der Waals surface area contributed by atoms with Crippen LogP contribution in [0, 0.1) is 0 Å². The van der Waals surface area contributed by atoms with Crippen LogP contribution < -0.4 is 15.8 Å². The summed E-state index contributed by atoms with van der Waals surface area (Å²) in [5, 5.41) is 2.98. The largest absolute Gasteiger partial charge is 0.490 e. The molecule has 0 saturated carbocycles. The summed E-state index contributed by atoms with van der Waals surface area (Å²) in [6, 6.07) is 3.77. The molecule has 1 aromatic carbocycles. The second kappa shape index (κ2) is 8.33. The number of sulfone groups is 1. The maximum absolute atomic E-state index is 11.9. The van der Waals surface area contributed by atoms with Gasteiger partial charge in [0.1, 0.15) is 18.4 Å². The van der Waals surface area contributed by atoms with Crippen LogP contribution in [0.1, 0.15) is 0 Å². The third-order valence-electron chi connectivity index (χ3n) is 2.59. The molecule has 3 N–H and O–H groups in total. The first-order chi connectivity index (χ1) is 10.2. The molecule has 0 aliphatic rings. The molecule has 0 aliphatic carbocycles. The molecule has 0 saturated heterocycles. The number of methoxy groups -OCH3 is 1. The van der Waals surface area contributed by atoms with E-state index in [0.717, 1.165) is 6.26 Å². The van der Waals surface area contributed by atoms with Crippen molar-refractivity contribution in [2.24, 2.45) is 5.73 Å². The number of hydrogen-bond acceptors (Lipinski definition) is 6. The molecule has 0 aromatic heterocycles. The molecule has 124 valence electrons. The Hall–Kier alpha value is -1.35. The molecule has 1 atom stereocenters. The number of nitrogens with two attached hydrogens (primary N) is 1. The number of ether oxygens (including phenoxy) is 2. The van der Waals surface area contributed by atoms with Gasteiger partial charge in [-0.1, -0.05) is 11.6 Å². The molecule has 0 aliphatic heterocycles. The summed E-state index contributed by atoms with van der Waals surface area (Å²) < 4.78 is 32.4. The summed E-state index contributed by atoms with van der Waals surface area (Å²) in [6.07, 6.45) is 1.12. The minimum absolute atomic E-state index is 0.0343. The molecular weight excluding hydrogens is 332 g/mol. The summed E-state index contributed by atoms with van der Waals surface area (Å²) in [5.41, 5.74) is 5.95. The number of nitrogens with one attached hydrogen (secondary N) is 1. The third kappa shape index (κ3) is 6.61. The van der Waals surface area contributed by atoms with Crippen LogP contribution in [0.15, 0.2) is 18.2 Å². The number of hydrogen-bond donors (Lipinski definition) is 2. The lowest BCUT2D eigenvalue weighted by Crippen LogP contribution is -2.39. The molecule has 0 spiro atoms. The first-order valence-corrected chi connectivity index (χ1v) is 8.82. The predicted octanol–water partition coefficient (Wildman–Crippen LogP) is 0.676. The van der Waals surface area contributed by atoms with E-state index in [1.165, 1.54) is 13.2 Å². The number of rotatable bonds is 8. The van der Waals surface area contributed by atoms with Crippen molar-refractivity contribution in [2.45, 2.75) is 6.04 Å². The maximum Gasteiger partial charge on any atom is 0.243 e. The van der Waals surface area contributed by atoms with Gasteiger partial charge in [-0.3, -0.25) is 4.79 Å². The minimum atomic E-state index is -3.13. The summed E-state index contributed by atoms with van der Waals surface area (Å²) in [7, 11) is -1.70. The Morgan fingerprint density at radius 1 is 1.45 bits per heavy atom. The fourth-order valence-electron chi connectivity index (χ4n) is 1.51. The van der Waals surface area contributed by atoms with E-state index < -0.39 is 21.8 Å². The predicted molar refractivity (Wildman–Crippen MR) is 85.1 cm³/mol. The van der Waals surface area contributed by atoms with Gasteiger partial charge in [-0.25, -0.2) is 8.42 Å². The van der Waals surface area contributed by atoms with E-state index in [1.807, 2.05) is 0 Å². The van der Waals surface area contributed by atoms with Crippen molar-refractivity contribution in [2.75, 3.05) is 37.6 Å². The Bertz CT molecular complexity index is 621. The fraction of sp³-hybridized carbons (Fsp3) is 0.462. The number of halogens is 1. The Morgan fingerprint density at radius 3 is 2.73 bits per heavy atom. The number of benzene rings is 1. The highest BCUT2D eigenvalue weighted by molar-refractivity contribution is 7.90. The molecule has 7 nitrogen and oxygen atoms in total. The second-order valence-electron chi connectivity index (χ2n) is 4.67. The Labute approximate surface area is 134 Å². The highest BCUT2D eigenvalue weighted by Gasteiger charge is 2.16. The number of amides is 1. The molecule has 0 bridgehead atoms. The SMILES string of the molecule is COCC(N)C(=O)Nc1cc(Cl)ccc1OCCS(C)(=O)=O. The molecular formula is C13H19ClN2O5S. The molecule has 22 heavy (non-hydrogen) atoms. The van der Waals surface area contributed by atoms with Gasteiger partial charge in [-0.05, 0) is 18.2 Å². The minimum Gasteiger partial charge on any atom is -0.490 e. The van der Waals surface area contributed by atoms with E-state index in [1.54, 1.807) is 12.1 Å². The lowest BCUT2D eigenvalue weighted by molar-refractivity contribution is -0.118. The second-order valence-corrected chi connectivity index (χ2v) is 7.37. The van der Waals surface area contributed by atoms with Gasteiger partial charge in [0.2, 0.25) is 5.91 Å². The molecule has 0 fully saturated rings. The quantitative estimate of drug-likeness (QED) is 0.713. The molecule has 0 heterocycles. The van der Waals surface area contributed by atoms with Gasteiger partial charge in [0, 0.05) is 18.4 Å². The van der Waals surface area contributed by atoms with Crippen molar-refractivity contribution in [1.29, 1.82) is 0 Å². The monoisotopic (exact) mass is 350 g/mol. The highest BCUT2D eigenvalue weighted by Crippen LogP contribution is 2.28. The van der Waals surface area contributed by atoms with Crippen LogP contribution in [0.3, 0.4) is 0 Å². The Kier molecular flexibility index (Phi) is 7.08. The molecule has 1 amide bonds. The zero-order valence-electron chi connectivity index (χ0n) is 12.3. The van der Waals surface area contributed by atoms with Crippen LogP contribution in [0.4, 0.5) is 5.69 Å². The topological polar surface area (TPSA) is 108 Å². The van der Waals surface area contributed by atoms with E-state index in [-0.39, 0.29) is 19.0 Å². The van der Waals surface area contributed by atoms with Gasteiger partial charge >= 0.3 is 0 Å². The first kappa shape index (κ1) is 18.7. The average molecular weight is 351 g/mol. The van der Waals surface area contributed by atoms with E-state index in [0.29, 0.717) is 16.5 Å². The van der Waals surface area contributed by atoms with E-state index in [2.05, 4.69) is 5.32 Å². The summed E-state index contributed by atoms with van der Waals surface area (Å²) >= 11 is 5.89. The van der Waals surface area contributed by atoms with Crippen LogP contribution in [0.25, 0.3) is 0 Å². The van der Waals surface area contributed by atoms with Crippen LogP contribution in [0.2, 0.25) is 5.02 Å². The number of carbonyl (C=O) groups excluding carboxylic acids is 1. The van der Waals surface area contributed by atoms with Crippen LogP contribution in [-0.4, -0.2) is 52.7 Å². The van der Waals surface area contributed by atoms with Crippen LogP contribution in [0.5, 0.6) is 5.75 Å². The lowest BCUT2D eigenvalue weighted by Gasteiger charge is -2.15. The Morgan fingerprint density at radius 2 is 2.14 bits per heavy atom. The zero-order valence-corrected chi connectivity index (χ0v) is 13.9. The smallest absolute Gasteiger partial charge is 0.243 e. The summed E-state index contributed by atoms with van der Waals surface area (Å²) in [6.45, 7) is 0.0319. The van der Waals surface area contributed by atoms with Gasteiger partial charge in [-0.15, -0.1) is 0 Å². The number of anilines is 1. The van der Waals surface area contributed by atoms with E-state index in [4.69, 9.17) is 26.8 Å². The Balaban J connectivity index is 2.80. The van der Waals surface area contributed by atoms with E-state index >= 15 is 0 Å². The van der Waals surface area contributed by atoms with Gasteiger partial charge in [-0.2, -0.15) is 0 Å². The van der Waals surface area contributed by atoms with Gasteiger partial charge in [0.15, 0.2) is 9.84 Å². The van der Waals surface area contributed by atoms with Crippen LogP contribution >= 0.6 is 11.6 Å². The third-order valence-corrected chi connectivity index (χ3v) is 3.74. The molecule has 1 unspecified atom stereocenters. The molecule has 0 radical (unpaired) electrons. The highest BCUT2D eigenvalue weighted by atomic mass is 35.5.